The van der Waals surface area contributed by atoms with Gasteiger partial charge in [-0.2, -0.15) is 0 Å². The molecule has 1 saturated carbocycles. The van der Waals surface area contributed by atoms with Gasteiger partial charge in [-0.25, -0.2) is 0 Å². The van der Waals surface area contributed by atoms with Crippen LogP contribution in [0.3, 0.4) is 0 Å². The molecule has 2 nitrogen and oxygen atoms in total. The summed E-state index contributed by atoms with van der Waals surface area (Å²) in [5.41, 5.74) is 5.62. The Balaban J connectivity index is 2.35. The van der Waals surface area contributed by atoms with Crippen LogP contribution >= 0.6 is 0 Å². The molecule has 0 aromatic rings. The van der Waals surface area contributed by atoms with E-state index in [9.17, 15) is 0 Å². The first kappa shape index (κ1) is 10.0. The molecule has 2 heteroatoms. The van der Waals surface area contributed by atoms with Crippen LogP contribution in [0.5, 0.6) is 0 Å². The van der Waals surface area contributed by atoms with Crippen LogP contribution in [0, 0.1) is 11.3 Å². The maximum atomic E-state index is 9.17. The monoisotopic (exact) mass is 171 g/mol. The molecule has 0 bridgehead atoms. The smallest absolute Gasteiger partial charge is 0.0496 e. The second kappa shape index (κ2) is 4.24. The summed E-state index contributed by atoms with van der Waals surface area (Å²) in [6.45, 7) is 2.94. The lowest BCUT2D eigenvalue weighted by Gasteiger charge is -2.28. The van der Waals surface area contributed by atoms with Crippen molar-refractivity contribution in [2.75, 3.05) is 13.2 Å². The van der Waals surface area contributed by atoms with E-state index in [0.717, 1.165) is 12.3 Å². The van der Waals surface area contributed by atoms with E-state index in [1.807, 2.05) is 0 Å². The number of aliphatic hydroxyl groups excluding tert-OH is 1. The second-order valence-electron chi connectivity index (χ2n) is 4.53. The molecule has 1 unspecified atom stereocenters. The molecule has 0 aliphatic heterocycles. The molecule has 0 aromatic heterocycles. The molecule has 0 heterocycles. The van der Waals surface area contributed by atoms with E-state index in [-0.39, 0.29) is 12.0 Å². The minimum absolute atomic E-state index is 0.0188. The van der Waals surface area contributed by atoms with Gasteiger partial charge in [0.15, 0.2) is 0 Å². The van der Waals surface area contributed by atoms with Crippen LogP contribution in [0.4, 0.5) is 0 Å². The minimum Gasteiger partial charge on any atom is -0.396 e. The molecule has 1 rings (SSSR count). The molecule has 1 aliphatic carbocycles. The lowest BCUT2D eigenvalue weighted by atomic mass is 9.81. The van der Waals surface area contributed by atoms with Crippen molar-refractivity contribution in [3.05, 3.63) is 0 Å². The highest BCUT2D eigenvalue weighted by Crippen LogP contribution is 2.34. The third kappa shape index (κ3) is 2.46. The number of hydrogen-bond acceptors (Lipinski definition) is 2. The molecule has 0 saturated heterocycles. The zero-order valence-electron chi connectivity index (χ0n) is 8.05. The first-order chi connectivity index (χ1) is 5.70. The lowest BCUT2D eigenvalue weighted by Crippen LogP contribution is -2.32. The molecule has 0 amide bonds. The summed E-state index contributed by atoms with van der Waals surface area (Å²) in [5.74, 6) is 0.825. The Morgan fingerprint density at radius 1 is 1.42 bits per heavy atom. The summed E-state index contributed by atoms with van der Waals surface area (Å²) in [6.07, 6.45) is 6.54. The van der Waals surface area contributed by atoms with Gasteiger partial charge in [0.2, 0.25) is 0 Å². The van der Waals surface area contributed by atoms with E-state index in [0.29, 0.717) is 6.54 Å². The third-order valence-corrected chi connectivity index (χ3v) is 3.13. The highest BCUT2D eigenvalue weighted by atomic mass is 16.3. The van der Waals surface area contributed by atoms with Gasteiger partial charge in [-0.05, 0) is 18.9 Å². The van der Waals surface area contributed by atoms with Crippen LogP contribution in [0.15, 0.2) is 0 Å². The molecule has 0 aromatic carbocycles. The summed E-state index contributed by atoms with van der Waals surface area (Å²) < 4.78 is 0. The predicted octanol–water partition coefficient (Wildman–Crippen LogP) is 1.52. The fourth-order valence-corrected chi connectivity index (χ4v) is 2.12. The molecule has 0 radical (unpaired) electrons. The average Bonchev–Trinajstić information content (AvgIpc) is 2.57. The Morgan fingerprint density at radius 2 is 2.00 bits per heavy atom. The zero-order valence-corrected chi connectivity index (χ0v) is 8.05. The fourth-order valence-electron chi connectivity index (χ4n) is 2.12. The van der Waals surface area contributed by atoms with Gasteiger partial charge in [0.25, 0.3) is 0 Å². The average molecular weight is 171 g/mol. The summed E-state index contributed by atoms with van der Waals surface area (Å²) in [7, 11) is 0. The van der Waals surface area contributed by atoms with Crippen LogP contribution in [0.25, 0.3) is 0 Å². The largest absolute Gasteiger partial charge is 0.396 e. The molecule has 12 heavy (non-hydrogen) atoms. The highest BCUT2D eigenvalue weighted by Gasteiger charge is 2.27. The van der Waals surface area contributed by atoms with Crippen LogP contribution in [0.1, 0.15) is 39.0 Å². The number of nitrogens with two attached hydrogens (primary N) is 1. The second-order valence-corrected chi connectivity index (χ2v) is 4.53. The Labute approximate surface area is 75.2 Å². The van der Waals surface area contributed by atoms with Crippen molar-refractivity contribution in [1.29, 1.82) is 0 Å². The van der Waals surface area contributed by atoms with Gasteiger partial charge in [0.05, 0.1) is 0 Å². The van der Waals surface area contributed by atoms with Gasteiger partial charge < -0.3 is 10.8 Å². The number of aliphatic hydroxyl groups is 1. The topological polar surface area (TPSA) is 46.2 Å². The van der Waals surface area contributed by atoms with Crippen molar-refractivity contribution in [1.82, 2.24) is 0 Å². The third-order valence-electron chi connectivity index (χ3n) is 3.13. The minimum atomic E-state index is -0.0188. The molecule has 1 aliphatic rings. The van der Waals surface area contributed by atoms with E-state index in [2.05, 4.69) is 6.92 Å². The van der Waals surface area contributed by atoms with E-state index in [1.54, 1.807) is 0 Å². The van der Waals surface area contributed by atoms with Crippen LogP contribution < -0.4 is 5.73 Å². The van der Waals surface area contributed by atoms with Gasteiger partial charge >= 0.3 is 0 Å². The van der Waals surface area contributed by atoms with Crippen LogP contribution in [-0.2, 0) is 0 Å². The van der Waals surface area contributed by atoms with Gasteiger partial charge in [0.1, 0.15) is 0 Å². The summed E-state index contributed by atoms with van der Waals surface area (Å²) in [6, 6.07) is 0. The lowest BCUT2D eigenvalue weighted by molar-refractivity contribution is 0.121. The summed E-state index contributed by atoms with van der Waals surface area (Å²) >= 11 is 0. The standard InChI is InChI=1S/C10H21NO/c1-10(7-11,8-12)6-9-4-2-3-5-9/h9,12H,2-8,11H2,1H3. The predicted molar refractivity (Wildman–Crippen MR) is 50.8 cm³/mol. The fraction of sp³-hybridized carbons (Fsp3) is 1.00. The van der Waals surface area contributed by atoms with E-state index < -0.39 is 0 Å². The summed E-state index contributed by atoms with van der Waals surface area (Å²) in [4.78, 5) is 0. The number of hydrogen-bond donors (Lipinski definition) is 2. The maximum absolute atomic E-state index is 9.17. The zero-order chi connectivity index (χ0) is 9.03. The Hall–Kier alpha value is -0.0800. The van der Waals surface area contributed by atoms with Crippen molar-refractivity contribution in [2.24, 2.45) is 17.1 Å². The van der Waals surface area contributed by atoms with Crippen LogP contribution in [0.2, 0.25) is 0 Å². The van der Waals surface area contributed by atoms with E-state index in [1.165, 1.54) is 25.7 Å². The molecule has 72 valence electrons. The molecular weight excluding hydrogens is 150 g/mol. The normalized spacial score (nSPS) is 24.2. The van der Waals surface area contributed by atoms with E-state index >= 15 is 0 Å². The SMILES string of the molecule is CC(CN)(CO)CC1CCCC1. The van der Waals surface area contributed by atoms with Crippen molar-refractivity contribution in [2.45, 2.75) is 39.0 Å². The highest BCUT2D eigenvalue weighted by molar-refractivity contribution is 4.80. The maximum Gasteiger partial charge on any atom is 0.0496 e. The molecule has 3 N–H and O–H groups in total. The molecular formula is C10H21NO. The van der Waals surface area contributed by atoms with Crippen molar-refractivity contribution >= 4 is 0 Å². The molecule has 1 fully saturated rings. The Bertz CT molecular complexity index is 126. The van der Waals surface area contributed by atoms with Gasteiger partial charge in [-0.3, -0.25) is 0 Å². The van der Waals surface area contributed by atoms with Crippen LogP contribution in [-0.4, -0.2) is 18.3 Å². The van der Waals surface area contributed by atoms with Crippen molar-refractivity contribution in [3.63, 3.8) is 0 Å². The number of rotatable bonds is 4. The molecule has 1 atom stereocenters. The first-order valence-corrected chi connectivity index (χ1v) is 5.01. The van der Waals surface area contributed by atoms with Gasteiger partial charge in [-0.15, -0.1) is 0 Å². The Kier molecular flexibility index (Phi) is 3.53. The molecule has 0 spiro atoms. The van der Waals surface area contributed by atoms with Crippen molar-refractivity contribution in [3.8, 4) is 0 Å². The van der Waals surface area contributed by atoms with E-state index in [4.69, 9.17) is 10.8 Å². The van der Waals surface area contributed by atoms with Gasteiger partial charge in [0, 0.05) is 12.0 Å². The first-order valence-electron chi connectivity index (χ1n) is 5.01. The Morgan fingerprint density at radius 3 is 2.42 bits per heavy atom. The summed E-state index contributed by atoms with van der Waals surface area (Å²) in [5, 5.41) is 9.17. The van der Waals surface area contributed by atoms with Crippen molar-refractivity contribution < 1.29 is 5.11 Å². The quantitative estimate of drug-likeness (QED) is 0.673. The van der Waals surface area contributed by atoms with Gasteiger partial charge in [-0.1, -0.05) is 32.6 Å².